The molecular formula is C13H15BrN4S. The van der Waals surface area contributed by atoms with Crippen molar-refractivity contribution in [3.05, 3.63) is 34.2 Å². The normalized spacial score (nSPS) is 11.1. The van der Waals surface area contributed by atoms with Crippen molar-refractivity contribution in [3.8, 4) is 0 Å². The summed E-state index contributed by atoms with van der Waals surface area (Å²) in [6.45, 7) is 6.31. The number of aromatic nitrogens is 1. The molecule has 0 spiro atoms. The number of nitrogens with zero attached hydrogens (tertiary/aromatic N) is 4. The van der Waals surface area contributed by atoms with Crippen molar-refractivity contribution in [3.63, 3.8) is 0 Å². The molecule has 6 heteroatoms. The van der Waals surface area contributed by atoms with E-state index in [2.05, 4.69) is 62.0 Å². The summed E-state index contributed by atoms with van der Waals surface area (Å²) in [5, 5.41) is 8.93. The molecule has 0 saturated carbocycles. The summed E-state index contributed by atoms with van der Waals surface area (Å²) in [4.78, 5) is 6.40. The Morgan fingerprint density at radius 2 is 1.84 bits per heavy atom. The molecule has 0 unspecified atom stereocenters. The maximum absolute atomic E-state index is 4.18. The average Bonchev–Trinajstić information content (AvgIpc) is 2.85. The predicted octanol–water partition coefficient (Wildman–Crippen LogP) is 5.17. The highest BCUT2D eigenvalue weighted by molar-refractivity contribution is 9.11. The van der Waals surface area contributed by atoms with Gasteiger partial charge in [0.1, 0.15) is 0 Å². The minimum Gasteiger partial charge on any atom is -0.372 e. The highest BCUT2D eigenvalue weighted by Crippen LogP contribution is 2.27. The number of hydrogen-bond acceptors (Lipinski definition) is 5. The van der Waals surface area contributed by atoms with Crippen LogP contribution in [-0.4, -0.2) is 18.1 Å². The van der Waals surface area contributed by atoms with E-state index >= 15 is 0 Å². The fraction of sp³-hybridized carbons (Fsp3) is 0.308. The first kappa shape index (κ1) is 14.1. The summed E-state index contributed by atoms with van der Waals surface area (Å²) in [5.41, 5.74) is 2.04. The van der Waals surface area contributed by atoms with Gasteiger partial charge in [0.15, 0.2) is 0 Å². The Bertz CT molecular complexity index is 546. The molecule has 1 heterocycles. The van der Waals surface area contributed by atoms with Gasteiger partial charge >= 0.3 is 0 Å². The maximum Gasteiger partial charge on any atom is 0.230 e. The SMILES string of the molecule is CCN(CC)c1ccc(N=Nc2ncc(Br)s2)cc1. The summed E-state index contributed by atoms with van der Waals surface area (Å²) in [7, 11) is 0. The quantitative estimate of drug-likeness (QED) is 0.705. The molecule has 0 amide bonds. The van der Waals surface area contributed by atoms with Crippen LogP contribution in [0.3, 0.4) is 0 Å². The van der Waals surface area contributed by atoms with E-state index in [-0.39, 0.29) is 0 Å². The molecule has 0 aliphatic rings. The zero-order valence-electron chi connectivity index (χ0n) is 10.9. The monoisotopic (exact) mass is 338 g/mol. The Morgan fingerprint density at radius 3 is 2.37 bits per heavy atom. The van der Waals surface area contributed by atoms with Gasteiger partial charge in [0.2, 0.25) is 5.13 Å². The van der Waals surface area contributed by atoms with Gasteiger partial charge in [-0.05, 0) is 54.0 Å². The first-order valence-electron chi connectivity index (χ1n) is 6.11. The number of rotatable bonds is 5. The van der Waals surface area contributed by atoms with E-state index in [1.165, 1.54) is 17.0 Å². The molecule has 1 aromatic heterocycles. The maximum atomic E-state index is 4.18. The van der Waals surface area contributed by atoms with Crippen LogP contribution in [0.25, 0.3) is 0 Å². The van der Waals surface area contributed by atoms with E-state index in [1.54, 1.807) is 6.20 Å². The number of halogens is 1. The van der Waals surface area contributed by atoms with Crippen molar-refractivity contribution in [1.29, 1.82) is 0 Å². The lowest BCUT2D eigenvalue weighted by atomic mass is 10.2. The number of benzene rings is 1. The van der Waals surface area contributed by atoms with Gasteiger partial charge in [-0.2, -0.15) is 0 Å². The third-order valence-corrected chi connectivity index (χ3v) is 4.05. The van der Waals surface area contributed by atoms with Crippen molar-refractivity contribution < 1.29 is 0 Å². The van der Waals surface area contributed by atoms with E-state index in [1.807, 2.05) is 12.1 Å². The molecule has 4 nitrogen and oxygen atoms in total. The largest absolute Gasteiger partial charge is 0.372 e. The zero-order chi connectivity index (χ0) is 13.7. The molecule has 0 radical (unpaired) electrons. The van der Waals surface area contributed by atoms with Gasteiger partial charge in [-0.15, -0.1) is 10.2 Å². The molecular weight excluding hydrogens is 324 g/mol. The summed E-state index contributed by atoms with van der Waals surface area (Å²) in [5.74, 6) is 0. The minimum absolute atomic E-state index is 0.652. The fourth-order valence-electron chi connectivity index (χ4n) is 1.71. The van der Waals surface area contributed by atoms with E-state index in [4.69, 9.17) is 0 Å². The van der Waals surface area contributed by atoms with E-state index < -0.39 is 0 Å². The second-order valence-electron chi connectivity index (χ2n) is 3.84. The smallest absolute Gasteiger partial charge is 0.230 e. The number of hydrogen-bond donors (Lipinski definition) is 0. The van der Waals surface area contributed by atoms with Crippen LogP contribution in [0, 0.1) is 0 Å². The van der Waals surface area contributed by atoms with Crippen molar-refractivity contribution >= 4 is 43.8 Å². The third kappa shape index (κ3) is 3.84. The van der Waals surface area contributed by atoms with Crippen LogP contribution in [0.4, 0.5) is 16.5 Å². The van der Waals surface area contributed by atoms with Crippen molar-refractivity contribution in [2.24, 2.45) is 10.2 Å². The molecule has 0 saturated heterocycles. The fourth-order valence-corrected chi connectivity index (χ4v) is 2.72. The number of anilines is 1. The van der Waals surface area contributed by atoms with Crippen molar-refractivity contribution in [1.82, 2.24) is 4.98 Å². The van der Waals surface area contributed by atoms with Crippen LogP contribution in [-0.2, 0) is 0 Å². The molecule has 0 atom stereocenters. The molecule has 2 aromatic rings. The highest BCUT2D eigenvalue weighted by Gasteiger charge is 2.01. The lowest BCUT2D eigenvalue weighted by Crippen LogP contribution is -2.21. The molecule has 0 aliphatic carbocycles. The lowest BCUT2D eigenvalue weighted by molar-refractivity contribution is 0.866. The highest BCUT2D eigenvalue weighted by atomic mass is 79.9. The van der Waals surface area contributed by atoms with E-state index in [0.29, 0.717) is 5.13 Å². The van der Waals surface area contributed by atoms with Gasteiger partial charge in [-0.3, -0.25) is 0 Å². The second kappa shape index (κ2) is 6.77. The van der Waals surface area contributed by atoms with Crippen LogP contribution in [0.15, 0.2) is 44.5 Å². The average molecular weight is 339 g/mol. The standard InChI is InChI=1S/C13H15BrN4S/c1-3-18(4-2)11-7-5-10(6-8-11)16-17-13-15-9-12(14)19-13/h5-9H,3-4H2,1-2H3. The van der Waals surface area contributed by atoms with Crippen LogP contribution in [0.2, 0.25) is 0 Å². The van der Waals surface area contributed by atoms with Gasteiger partial charge in [0.05, 0.1) is 15.7 Å². The van der Waals surface area contributed by atoms with E-state index in [0.717, 1.165) is 22.6 Å². The van der Waals surface area contributed by atoms with Crippen molar-refractivity contribution in [2.75, 3.05) is 18.0 Å². The molecule has 1 aromatic carbocycles. The van der Waals surface area contributed by atoms with Crippen LogP contribution < -0.4 is 4.90 Å². The van der Waals surface area contributed by atoms with Gasteiger partial charge in [-0.25, -0.2) is 4.98 Å². The molecule has 100 valence electrons. The molecule has 0 bridgehead atoms. The molecule has 0 aliphatic heterocycles. The Morgan fingerprint density at radius 1 is 1.16 bits per heavy atom. The van der Waals surface area contributed by atoms with Gasteiger partial charge < -0.3 is 4.90 Å². The van der Waals surface area contributed by atoms with Crippen LogP contribution in [0.5, 0.6) is 0 Å². The zero-order valence-corrected chi connectivity index (χ0v) is 13.3. The van der Waals surface area contributed by atoms with Crippen LogP contribution >= 0.6 is 27.3 Å². The molecule has 2 rings (SSSR count). The van der Waals surface area contributed by atoms with Crippen LogP contribution in [0.1, 0.15) is 13.8 Å². The summed E-state index contributed by atoms with van der Waals surface area (Å²) in [6, 6.07) is 8.08. The Balaban J connectivity index is 2.08. The Labute approximate surface area is 125 Å². The van der Waals surface area contributed by atoms with Gasteiger partial charge in [-0.1, -0.05) is 11.3 Å². The molecule has 19 heavy (non-hydrogen) atoms. The summed E-state index contributed by atoms with van der Waals surface area (Å²) >= 11 is 4.81. The first-order valence-corrected chi connectivity index (χ1v) is 7.72. The third-order valence-electron chi connectivity index (χ3n) is 2.69. The predicted molar refractivity (Wildman–Crippen MR) is 84.0 cm³/mol. The van der Waals surface area contributed by atoms with Gasteiger partial charge in [0.25, 0.3) is 0 Å². The lowest BCUT2D eigenvalue weighted by Gasteiger charge is -2.20. The summed E-state index contributed by atoms with van der Waals surface area (Å²) in [6.07, 6.45) is 1.72. The Hall–Kier alpha value is -1.27. The van der Waals surface area contributed by atoms with Crippen molar-refractivity contribution in [2.45, 2.75) is 13.8 Å². The number of azo groups is 1. The van der Waals surface area contributed by atoms with Gasteiger partial charge in [0, 0.05) is 18.8 Å². The Kier molecular flexibility index (Phi) is 5.04. The van der Waals surface area contributed by atoms with E-state index in [9.17, 15) is 0 Å². The minimum atomic E-state index is 0.652. The first-order chi connectivity index (χ1) is 9.22. The molecule has 0 N–H and O–H groups in total. The molecule has 0 fully saturated rings. The summed E-state index contributed by atoms with van der Waals surface area (Å²) < 4.78 is 0.957. The topological polar surface area (TPSA) is 40.9 Å². The number of thiazole rings is 1. The second-order valence-corrected chi connectivity index (χ2v) is 6.22.